The lowest BCUT2D eigenvalue weighted by molar-refractivity contribution is -0.130. The normalized spacial score (nSPS) is 12.0. The Kier molecular flexibility index (Phi) is 5.71. The van der Waals surface area contributed by atoms with Gasteiger partial charge in [0.05, 0.1) is 5.39 Å². The van der Waals surface area contributed by atoms with Gasteiger partial charge in [-0.3, -0.25) is 14.9 Å². The molecule has 26 heavy (non-hydrogen) atoms. The Balaban J connectivity index is 2.45. The number of hydrogen-bond donors (Lipinski definition) is 2. The van der Waals surface area contributed by atoms with Gasteiger partial charge in [0.15, 0.2) is 11.8 Å². The molecule has 3 N–H and O–H groups in total. The number of imide groups is 1. The predicted molar refractivity (Wildman–Crippen MR) is 93.4 cm³/mol. The zero-order chi connectivity index (χ0) is 19.4. The van der Waals surface area contributed by atoms with E-state index in [1.165, 1.54) is 0 Å². The number of fused-ring (bicyclic) bond motifs is 1. The second kappa shape index (κ2) is 7.77. The van der Waals surface area contributed by atoms with Crippen LogP contribution in [-0.4, -0.2) is 33.8 Å². The molecule has 1 aromatic carbocycles. The predicted octanol–water partition coefficient (Wildman–Crippen LogP) is 0.793. The molecular weight excluding hydrogens is 340 g/mol. The maximum Gasteiger partial charge on any atom is 0.360 e. The number of esters is 1. The smallest absolute Gasteiger partial charge is 0.360 e. The molecule has 1 unspecified atom stereocenters. The number of carbonyl (C=O) groups excluding carboxylic acids is 3. The van der Waals surface area contributed by atoms with E-state index < -0.39 is 29.9 Å². The Morgan fingerprint density at radius 2 is 1.85 bits per heavy atom. The van der Waals surface area contributed by atoms with Gasteiger partial charge in [-0.25, -0.2) is 14.3 Å². The first-order valence-corrected chi connectivity index (χ1v) is 8.07. The largest absolute Gasteiger partial charge is 0.447 e. The van der Waals surface area contributed by atoms with E-state index >= 15 is 0 Å². The lowest BCUT2D eigenvalue weighted by Crippen LogP contribution is -2.45. The molecule has 0 saturated carbocycles. The number of urea groups is 1. The summed E-state index contributed by atoms with van der Waals surface area (Å²) in [7, 11) is 0. The Morgan fingerprint density at radius 3 is 2.38 bits per heavy atom. The van der Waals surface area contributed by atoms with E-state index in [1.54, 1.807) is 45.0 Å². The minimum absolute atomic E-state index is 0.0837. The third-order valence-electron chi connectivity index (χ3n) is 3.70. The van der Waals surface area contributed by atoms with Gasteiger partial charge >= 0.3 is 12.0 Å². The highest BCUT2D eigenvalue weighted by Gasteiger charge is 2.29. The molecule has 9 heteroatoms. The van der Waals surface area contributed by atoms with Crippen LogP contribution < -0.4 is 16.6 Å². The van der Waals surface area contributed by atoms with Crippen LogP contribution >= 0.6 is 0 Å². The van der Waals surface area contributed by atoms with Crippen LogP contribution in [-0.2, 0) is 16.1 Å². The molecule has 1 aromatic heterocycles. The second-order valence-electron chi connectivity index (χ2n) is 5.94. The summed E-state index contributed by atoms with van der Waals surface area (Å²) >= 11 is 0. The van der Waals surface area contributed by atoms with Gasteiger partial charge in [0.2, 0.25) is 0 Å². The SMILES string of the molecule is CCn1nc(C(=O)OC(C(=O)NC(N)=O)C(C)C)c2ccccc2c1=O. The fourth-order valence-electron chi connectivity index (χ4n) is 2.46. The number of aryl methyl sites for hydroxylation is 1. The lowest BCUT2D eigenvalue weighted by atomic mass is 10.1. The summed E-state index contributed by atoms with van der Waals surface area (Å²) in [5.74, 6) is -2.11. The number of nitrogens with zero attached hydrogens (tertiary/aromatic N) is 2. The molecule has 2 rings (SSSR count). The molecule has 0 saturated heterocycles. The number of ether oxygens (including phenoxy) is 1. The van der Waals surface area contributed by atoms with Crippen LogP contribution in [0.1, 0.15) is 31.3 Å². The number of amides is 3. The molecule has 9 nitrogen and oxygen atoms in total. The number of rotatable bonds is 5. The third-order valence-corrected chi connectivity index (χ3v) is 3.70. The van der Waals surface area contributed by atoms with Gasteiger partial charge in [0, 0.05) is 11.9 Å². The number of primary amides is 1. The van der Waals surface area contributed by atoms with Gasteiger partial charge in [0.25, 0.3) is 11.5 Å². The van der Waals surface area contributed by atoms with Gasteiger partial charge in [-0.1, -0.05) is 32.0 Å². The van der Waals surface area contributed by atoms with E-state index in [0.717, 1.165) is 4.68 Å². The van der Waals surface area contributed by atoms with Crippen molar-refractivity contribution in [2.45, 2.75) is 33.4 Å². The Hall–Kier alpha value is -3.23. The molecule has 138 valence electrons. The fourth-order valence-corrected chi connectivity index (χ4v) is 2.46. The minimum Gasteiger partial charge on any atom is -0.447 e. The molecule has 0 fully saturated rings. The summed E-state index contributed by atoms with van der Waals surface area (Å²) in [4.78, 5) is 47.9. The van der Waals surface area contributed by atoms with Crippen LogP contribution in [0, 0.1) is 5.92 Å². The van der Waals surface area contributed by atoms with Crippen molar-refractivity contribution in [3.05, 3.63) is 40.3 Å². The highest BCUT2D eigenvalue weighted by Crippen LogP contribution is 2.17. The van der Waals surface area contributed by atoms with E-state index in [1.807, 2.05) is 5.32 Å². The molecule has 0 radical (unpaired) electrons. The number of benzene rings is 1. The van der Waals surface area contributed by atoms with Crippen LogP contribution in [0.2, 0.25) is 0 Å². The van der Waals surface area contributed by atoms with Crippen molar-refractivity contribution in [1.82, 2.24) is 15.1 Å². The van der Waals surface area contributed by atoms with Crippen LogP contribution in [0.4, 0.5) is 4.79 Å². The summed E-state index contributed by atoms with van der Waals surface area (Å²) in [6.45, 7) is 5.28. The monoisotopic (exact) mass is 360 g/mol. The number of nitrogens with two attached hydrogens (primary N) is 1. The van der Waals surface area contributed by atoms with Crippen molar-refractivity contribution in [2.24, 2.45) is 11.7 Å². The van der Waals surface area contributed by atoms with Gasteiger partial charge < -0.3 is 10.5 Å². The number of hydrogen-bond acceptors (Lipinski definition) is 6. The molecular formula is C17H20N4O5. The maximum atomic E-state index is 12.6. The molecule has 0 bridgehead atoms. The van der Waals surface area contributed by atoms with E-state index in [9.17, 15) is 19.2 Å². The van der Waals surface area contributed by atoms with Crippen molar-refractivity contribution in [3.8, 4) is 0 Å². The quantitative estimate of drug-likeness (QED) is 0.757. The maximum absolute atomic E-state index is 12.6. The van der Waals surface area contributed by atoms with E-state index in [4.69, 9.17) is 10.5 Å². The van der Waals surface area contributed by atoms with E-state index in [0.29, 0.717) is 10.8 Å². The summed E-state index contributed by atoms with van der Waals surface area (Å²) in [5, 5.41) is 6.60. The molecule has 3 amide bonds. The molecule has 1 atom stereocenters. The van der Waals surface area contributed by atoms with E-state index in [-0.39, 0.29) is 17.8 Å². The van der Waals surface area contributed by atoms with Crippen molar-refractivity contribution in [1.29, 1.82) is 0 Å². The summed E-state index contributed by atoms with van der Waals surface area (Å²) < 4.78 is 6.42. The number of aromatic nitrogens is 2. The molecule has 1 heterocycles. The van der Waals surface area contributed by atoms with Gasteiger partial charge in [-0.2, -0.15) is 5.10 Å². The number of carbonyl (C=O) groups is 3. The fraction of sp³-hybridized carbons (Fsp3) is 0.353. The molecule has 0 aliphatic rings. The summed E-state index contributed by atoms with van der Waals surface area (Å²) in [5.41, 5.74) is 4.53. The van der Waals surface area contributed by atoms with Gasteiger partial charge in [-0.15, -0.1) is 0 Å². The highest BCUT2D eigenvalue weighted by molar-refractivity contribution is 6.03. The zero-order valence-electron chi connectivity index (χ0n) is 14.7. The number of nitrogens with one attached hydrogen (secondary N) is 1. The zero-order valence-corrected chi connectivity index (χ0v) is 14.7. The van der Waals surface area contributed by atoms with Crippen LogP contribution in [0.3, 0.4) is 0 Å². The molecule has 2 aromatic rings. The standard InChI is InChI=1S/C17H20N4O5/c1-4-21-15(23)11-8-6-5-7-10(11)12(20-21)16(24)26-13(9(2)3)14(22)19-17(18)25/h5-9,13H,4H2,1-3H3,(H3,18,19,22,25). The van der Waals surface area contributed by atoms with E-state index in [2.05, 4.69) is 5.10 Å². The van der Waals surface area contributed by atoms with Gasteiger partial charge in [0.1, 0.15) is 0 Å². The van der Waals surface area contributed by atoms with Crippen molar-refractivity contribution in [3.63, 3.8) is 0 Å². The summed E-state index contributed by atoms with van der Waals surface area (Å²) in [6.07, 6.45) is -1.24. The van der Waals surface area contributed by atoms with Crippen molar-refractivity contribution >= 4 is 28.7 Å². The van der Waals surface area contributed by atoms with Crippen LogP contribution in [0.25, 0.3) is 10.8 Å². The first-order valence-electron chi connectivity index (χ1n) is 8.07. The average Bonchev–Trinajstić information content (AvgIpc) is 2.59. The topological polar surface area (TPSA) is 133 Å². The molecule has 0 aliphatic carbocycles. The van der Waals surface area contributed by atoms with Crippen LogP contribution in [0.15, 0.2) is 29.1 Å². The van der Waals surface area contributed by atoms with Crippen molar-refractivity contribution < 1.29 is 19.1 Å². The first kappa shape index (κ1) is 19.1. The molecule has 0 spiro atoms. The highest BCUT2D eigenvalue weighted by atomic mass is 16.5. The average molecular weight is 360 g/mol. The Morgan fingerprint density at radius 1 is 1.23 bits per heavy atom. The van der Waals surface area contributed by atoms with Crippen molar-refractivity contribution in [2.75, 3.05) is 0 Å². The Bertz CT molecular complexity index is 919. The molecule has 0 aliphatic heterocycles. The minimum atomic E-state index is -1.24. The summed E-state index contributed by atoms with van der Waals surface area (Å²) in [6, 6.07) is 5.46. The third kappa shape index (κ3) is 3.88. The first-order chi connectivity index (χ1) is 12.3. The lowest BCUT2D eigenvalue weighted by Gasteiger charge is -2.20. The second-order valence-corrected chi connectivity index (χ2v) is 5.94. The Labute approximate surface area is 149 Å². The van der Waals surface area contributed by atoms with Crippen LogP contribution in [0.5, 0.6) is 0 Å². The van der Waals surface area contributed by atoms with Gasteiger partial charge in [-0.05, 0) is 18.9 Å².